The Morgan fingerprint density at radius 1 is 1.12 bits per heavy atom. The molecule has 130 valence electrons. The van der Waals surface area contributed by atoms with Crippen molar-refractivity contribution in [3.8, 4) is 5.75 Å². The standard InChI is InChI=1S/C22H25NO2/c1-24-20-9-4-7-17(14-20)19-8-5-12-23(16-19)13-11-21-15-18-6-2-3-10-22(18)25-21/h2-4,6-7,9-10,14-15,19H,5,8,11-13,16H2,1H3. The van der Waals surface area contributed by atoms with Gasteiger partial charge in [-0.3, -0.25) is 0 Å². The van der Waals surface area contributed by atoms with E-state index in [0.29, 0.717) is 5.92 Å². The third-order valence-electron chi connectivity index (χ3n) is 5.22. The molecule has 1 unspecified atom stereocenters. The predicted octanol–water partition coefficient (Wildman–Crippen LogP) is 4.86. The summed E-state index contributed by atoms with van der Waals surface area (Å²) in [4.78, 5) is 2.57. The van der Waals surface area contributed by atoms with Crippen molar-refractivity contribution in [1.82, 2.24) is 4.90 Å². The number of nitrogens with zero attached hydrogens (tertiary/aromatic N) is 1. The summed E-state index contributed by atoms with van der Waals surface area (Å²) in [5.41, 5.74) is 2.39. The predicted molar refractivity (Wildman–Crippen MR) is 101 cm³/mol. The van der Waals surface area contributed by atoms with E-state index in [1.807, 2.05) is 18.2 Å². The van der Waals surface area contributed by atoms with Gasteiger partial charge in [0, 0.05) is 24.9 Å². The topological polar surface area (TPSA) is 25.6 Å². The van der Waals surface area contributed by atoms with Gasteiger partial charge >= 0.3 is 0 Å². The Balaban J connectivity index is 1.39. The zero-order chi connectivity index (χ0) is 17.1. The van der Waals surface area contributed by atoms with E-state index in [1.54, 1.807) is 7.11 Å². The van der Waals surface area contributed by atoms with E-state index < -0.39 is 0 Å². The van der Waals surface area contributed by atoms with Crippen LogP contribution in [0.15, 0.2) is 59.0 Å². The molecule has 0 N–H and O–H groups in total. The lowest BCUT2D eigenvalue weighted by Gasteiger charge is -2.33. The normalized spacial score (nSPS) is 18.5. The summed E-state index contributed by atoms with van der Waals surface area (Å²) in [6.07, 6.45) is 3.48. The number of para-hydroxylation sites is 1. The maximum absolute atomic E-state index is 5.96. The van der Waals surface area contributed by atoms with Gasteiger partial charge in [0.2, 0.25) is 0 Å². The Hall–Kier alpha value is -2.26. The lowest BCUT2D eigenvalue weighted by molar-refractivity contribution is 0.207. The summed E-state index contributed by atoms with van der Waals surface area (Å²) < 4.78 is 11.3. The lowest BCUT2D eigenvalue weighted by Crippen LogP contribution is -2.35. The number of piperidine rings is 1. The average molecular weight is 335 g/mol. The van der Waals surface area contributed by atoms with Crippen LogP contribution in [-0.4, -0.2) is 31.6 Å². The Morgan fingerprint density at radius 3 is 2.92 bits per heavy atom. The van der Waals surface area contributed by atoms with Crippen molar-refractivity contribution in [1.29, 1.82) is 0 Å². The van der Waals surface area contributed by atoms with Crippen molar-refractivity contribution in [2.45, 2.75) is 25.2 Å². The van der Waals surface area contributed by atoms with E-state index in [1.165, 1.54) is 30.3 Å². The molecule has 0 spiro atoms. The van der Waals surface area contributed by atoms with Crippen LogP contribution >= 0.6 is 0 Å². The second-order valence-corrected chi connectivity index (χ2v) is 6.92. The first-order valence-electron chi connectivity index (χ1n) is 9.15. The van der Waals surface area contributed by atoms with Crippen molar-refractivity contribution in [2.24, 2.45) is 0 Å². The minimum atomic E-state index is 0.597. The fourth-order valence-corrected chi connectivity index (χ4v) is 3.85. The van der Waals surface area contributed by atoms with Crippen LogP contribution in [0.3, 0.4) is 0 Å². The van der Waals surface area contributed by atoms with Crippen LogP contribution in [0, 0.1) is 0 Å². The van der Waals surface area contributed by atoms with Crippen molar-refractivity contribution in [3.05, 3.63) is 65.9 Å². The maximum Gasteiger partial charge on any atom is 0.134 e. The van der Waals surface area contributed by atoms with Crippen LogP contribution in [0.2, 0.25) is 0 Å². The Morgan fingerprint density at radius 2 is 2.04 bits per heavy atom. The van der Waals surface area contributed by atoms with E-state index in [-0.39, 0.29) is 0 Å². The van der Waals surface area contributed by atoms with Gasteiger partial charge in [0.1, 0.15) is 17.1 Å². The highest BCUT2D eigenvalue weighted by atomic mass is 16.5. The first kappa shape index (κ1) is 16.2. The number of hydrogen-bond acceptors (Lipinski definition) is 3. The van der Waals surface area contributed by atoms with E-state index >= 15 is 0 Å². The second kappa shape index (κ2) is 7.32. The van der Waals surface area contributed by atoms with E-state index in [2.05, 4.69) is 41.3 Å². The molecule has 0 amide bonds. The Labute approximate surface area is 149 Å². The van der Waals surface area contributed by atoms with Gasteiger partial charge in [0.25, 0.3) is 0 Å². The smallest absolute Gasteiger partial charge is 0.134 e. The number of benzene rings is 2. The van der Waals surface area contributed by atoms with Crippen LogP contribution in [0.5, 0.6) is 5.75 Å². The van der Waals surface area contributed by atoms with Crippen LogP contribution in [0.4, 0.5) is 0 Å². The average Bonchev–Trinajstić information content (AvgIpc) is 3.10. The lowest BCUT2D eigenvalue weighted by atomic mass is 9.90. The summed E-state index contributed by atoms with van der Waals surface area (Å²) in [6, 6.07) is 19.0. The molecule has 2 aromatic carbocycles. The molecule has 25 heavy (non-hydrogen) atoms. The molecule has 0 aliphatic carbocycles. The number of likely N-dealkylation sites (tertiary alicyclic amines) is 1. The van der Waals surface area contributed by atoms with Gasteiger partial charge in [-0.25, -0.2) is 0 Å². The zero-order valence-corrected chi connectivity index (χ0v) is 14.8. The van der Waals surface area contributed by atoms with Gasteiger partial charge in [-0.2, -0.15) is 0 Å². The molecule has 1 aliphatic rings. The first-order valence-corrected chi connectivity index (χ1v) is 9.15. The summed E-state index contributed by atoms with van der Waals surface area (Å²) in [6.45, 7) is 3.36. The highest BCUT2D eigenvalue weighted by Gasteiger charge is 2.21. The summed E-state index contributed by atoms with van der Waals surface area (Å²) in [7, 11) is 1.74. The molecule has 0 radical (unpaired) electrons. The molecule has 4 rings (SSSR count). The van der Waals surface area contributed by atoms with Gasteiger partial charge in [-0.15, -0.1) is 0 Å². The third-order valence-corrected chi connectivity index (χ3v) is 5.22. The number of ether oxygens (including phenoxy) is 1. The molecule has 1 aliphatic heterocycles. The number of methoxy groups -OCH3 is 1. The van der Waals surface area contributed by atoms with Gasteiger partial charge < -0.3 is 14.1 Å². The minimum absolute atomic E-state index is 0.597. The fourth-order valence-electron chi connectivity index (χ4n) is 3.85. The fraction of sp³-hybridized carbons (Fsp3) is 0.364. The highest BCUT2D eigenvalue weighted by molar-refractivity contribution is 5.77. The minimum Gasteiger partial charge on any atom is -0.497 e. The Bertz CT molecular complexity index is 806. The van der Waals surface area contributed by atoms with Crippen LogP contribution < -0.4 is 4.74 Å². The largest absolute Gasteiger partial charge is 0.497 e. The number of hydrogen-bond donors (Lipinski definition) is 0. The van der Waals surface area contributed by atoms with Crippen molar-refractivity contribution < 1.29 is 9.15 Å². The van der Waals surface area contributed by atoms with Crippen LogP contribution in [-0.2, 0) is 6.42 Å². The molecule has 0 saturated carbocycles. The van der Waals surface area contributed by atoms with E-state index in [0.717, 1.165) is 36.6 Å². The van der Waals surface area contributed by atoms with Gasteiger partial charge in [0.15, 0.2) is 0 Å². The third kappa shape index (κ3) is 3.72. The number of furan rings is 1. The van der Waals surface area contributed by atoms with Crippen molar-refractivity contribution in [3.63, 3.8) is 0 Å². The van der Waals surface area contributed by atoms with Crippen molar-refractivity contribution in [2.75, 3.05) is 26.7 Å². The van der Waals surface area contributed by atoms with Crippen molar-refractivity contribution >= 4 is 11.0 Å². The first-order chi connectivity index (χ1) is 12.3. The number of rotatable bonds is 5. The summed E-state index contributed by atoms with van der Waals surface area (Å²) in [5.74, 6) is 2.64. The molecule has 3 nitrogen and oxygen atoms in total. The molecule has 3 aromatic rings. The Kier molecular flexibility index (Phi) is 4.75. The van der Waals surface area contributed by atoms with Gasteiger partial charge in [-0.05, 0) is 55.1 Å². The summed E-state index contributed by atoms with van der Waals surface area (Å²) >= 11 is 0. The van der Waals surface area contributed by atoms with Gasteiger partial charge in [-0.1, -0.05) is 30.3 Å². The molecule has 3 heteroatoms. The quantitative estimate of drug-likeness (QED) is 0.665. The summed E-state index contributed by atoms with van der Waals surface area (Å²) in [5, 5.41) is 1.20. The van der Waals surface area contributed by atoms with E-state index in [9.17, 15) is 0 Å². The molecule has 1 fully saturated rings. The number of fused-ring (bicyclic) bond motifs is 1. The van der Waals surface area contributed by atoms with Crippen LogP contribution in [0.25, 0.3) is 11.0 Å². The zero-order valence-electron chi connectivity index (χ0n) is 14.8. The molecule has 1 saturated heterocycles. The molecule has 1 atom stereocenters. The SMILES string of the molecule is COc1cccc(C2CCCN(CCc3cc4ccccc4o3)C2)c1. The molecule has 2 heterocycles. The molecular weight excluding hydrogens is 310 g/mol. The molecule has 1 aromatic heterocycles. The maximum atomic E-state index is 5.96. The second-order valence-electron chi connectivity index (χ2n) is 6.92. The monoisotopic (exact) mass is 335 g/mol. The van der Waals surface area contributed by atoms with Crippen LogP contribution in [0.1, 0.15) is 30.1 Å². The van der Waals surface area contributed by atoms with Gasteiger partial charge in [0.05, 0.1) is 7.11 Å². The molecule has 0 bridgehead atoms. The molecular formula is C22H25NO2. The van der Waals surface area contributed by atoms with E-state index in [4.69, 9.17) is 9.15 Å². The highest BCUT2D eigenvalue weighted by Crippen LogP contribution is 2.29.